The van der Waals surface area contributed by atoms with Gasteiger partial charge in [-0.1, -0.05) is 12.1 Å². The molecule has 0 bridgehead atoms. The van der Waals surface area contributed by atoms with Crippen molar-refractivity contribution in [2.75, 3.05) is 20.3 Å². The Morgan fingerprint density at radius 1 is 1.29 bits per heavy atom. The van der Waals surface area contributed by atoms with Gasteiger partial charge in [0.25, 0.3) is 0 Å². The molecule has 0 unspecified atom stereocenters. The lowest BCUT2D eigenvalue weighted by molar-refractivity contribution is 0.193. The van der Waals surface area contributed by atoms with E-state index in [1.807, 2.05) is 0 Å². The third-order valence-electron chi connectivity index (χ3n) is 2.22. The normalized spacial score (nSPS) is 11.6. The Morgan fingerprint density at radius 3 is 2.65 bits per heavy atom. The highest BCUT2D eigenvalue weighted by Crippen LogP contribution is 2.20. The van der Waals surface area contributed by atoms with Gasteiger partial charge in [0.15, 0.2) is 0 Å². The predicted molar refractivity (Wildman–Crippen MR) is 64.4 cm³/mol. The van der Waals surface area contributed by atoms with E-state index in [1.165, 1.54) is 12.1 Å². The fraction of sp³-hybridized carbons (Fsp3) is 0.455. The molecule has 17 heavy (non-hydrogen) atoms. The summed E-state index contributed by atoms with van der Waals surface area (Å²) in [5.74, 6) is -0.239. The molecule has 2 N–H and O–H groups in total. The van der Waals surface area contributed by atoms with Crippen molar-refractivity contribution < 1.29 is 18.3 Å². The minimum atomic E-state index is -3.62. The lowest BCUT2D eigenvalue weighted by Crippen LogP contribution is -2.25. The van der Waals surface area contributed by atoms with Crippen molar-refractivity contribution in [1.82, 2.24) is 4.72 Å². The van der Waals surface area contributed by atoms with Crippen LogP contribution >= 0.6 is 0 Å². The van der Waals surface area contributed by atoms with Gasteiger partial charge >= 0.3 is 0 Å². The molecule has 96 valence electrons. The molecule has 5 nitrogen and oxygen atoms in total. The third-order valence-corrected chi connectivity index (χ3v) is 3.73. The molecule has 0 aliphatic rings. The van der Waals surface area contributed by atoms with Crippen molar-refractivity contribution in [3.8, 4) is 5.75 Å². The monoisotopic (exact) mass is 259 g/mol. The van der Waals surface area contributed by atoms with Gasteiger partial charge in [0.1, 0.15) is 10.6 Å². The van der Waals surface area contributed by atoms with Crippen LogP contribution in [0.1, 0.15) is 12.8 Å². The number of para-hydroxylation sites is 1. The van der Waals surface area contributed by atoms with Gasteiger partial charge in [-0.2, -0.15) is 0 Å². The Hall–Kier alpha value is -1.11. The summed E-state index contributed by atoms with van der Waals surface area (Å²) in [6, 6.07) is 5.86. The fourth-order valence-electron chi connectivity index (χ4n) is 1.34. The maximum atomic E-state index is 11.8. The van der Waals surface area contributed by atoms with Crippen molar-refractivity contribution in [3.05, 3.63) is 24.3 Å². The van der Waals surface area contributed by atoms with E-state index in [2.05, 4.69) is 4.72 Å². The maximum Gasteiger partial charge on any atom is 0.244 e. The lowest BCUT2D eigenvalue weighted by atomic mass is 10.3. The van der Waals surface area contributed by atoms with Crippen LogP contribution < -0.4 is 4.72 Å². The second kappa shape index (κ2) is 6.58. The largest absolute Gasteiger partial charge is 0.507 e. The summed E-state index contributed by atoms with van der Waals surface area (Å²) in [6.07, 6.45) is 1.49. The highest BCUT2D eigenvalue weighted by molar-refractivity contribution is 7.89. The van der Waals surface area contributed by atoms with E-state index in [0.717, 1.165) is 6.42 Å². The van der Waals surface area contributed by atoms with Crippen LogP contribution in [0.5, 0.6) is 5.75 Å². The van der Waals surface area contributed by atoms with Crippen LogP contribution in [0.15, 0.2) is 29.2 Å². The van der Waals surface area contributed by atoms with E-state index in [0.29, 0.717) is 19.6 Å². The van der Waals surface area contributed by atoms with E-state index in [9.17, 15) is 13.5 Å². The van der Waals surface area contributed by atoms with Crippen LogP contribution in [0, 0.1) is 0 Å². The van der Waals surface area contributed by atoms with E-state index in [-0.39, 0.29) is 10.6 Å². The van der Waals surface area contributed by atoms with Gasteiger partial charge in [-0.05, 0) is 25.0 Å². The molecule has 0 fully saturated rings. The summed E-state index contributed by atoms with van der Waals surface area (Å²) in [5.41, 5.74) is 0. The number of hydrogen-bond acceptors (Lipinski definition) is 4. The van der Waals surface area contributed by atoms with Crippen LogP contribution in [0.3, 0.4) is 0 Å². The lowest BCUT2D eigenvalue weighted by Gasteiger charge is -2.07. The average molecular weight is 259 g/mol. The first-order valence-electron chi connectivity index (χ1n) is 5.34. The molecule has 1 aromatic rings. The summed E-state index contributed by atoms with van der Waals surface area (Å²) in [4.78, 5) is -0.0910. The second-order valence-electron chi connectivity index (χ2n) is 3.57. The van der Waals surface area contributed by atoms with Gasteiger partial charge < -0.3 is 9.84 Å². The zero-order chi connectivity index (χ0) is 12.7. The molecule has 0 saturated heterocycles. The SMILES string of the molecule is COCCCCNS(=O)(=O)c1ccccc1O. The molecule has 0 spiro atoms. The molecule has 1 aromatic carbocycles. The van der Waals surface area contributed by atoms with Crippen molar-refractivity contribution in [1.29, 1.82) is 0 Å². The Bertz CT molecular complexity index is 445. The van der Waals surface area contributed by atoms with Crippen molar-refractivity contribution in [2.24, 2.45) is 0 Å². The highest BCUT2D eigenvalue weighted by Gasteiger charge is 2.16. The molecule has 0 radical (unpaired) electrons. The smallest absolute Gasteiger partial charge is 0.244 e. The van der Waals surface area contributed by atoms with Crippen LogP contribution in [0.2, 0.25) is 0 Å². The van der Waals surface area contributed by atoms with Crippen molar-refractivity contribution in [3.63, 3.8) is 0 Å². The second-order valence-corrected chi connectivity index (χ2v) is 5.30. The Morgan fingerprint density at radius 2 is 2.00 bits per heavy atom. The Labute approximate surface area is 101 Å². The summed E-state index contributed by atoms with van der Waals surface area (Å²) < 4.78 is 30.9. The first-order valence-corrected chi connectivity index (χ1v) is 6.83. The molecular weight excluding hydrogens is 242 g/mol. The van der Waals surface area contributed by atoms with E-state index in [1.54, 1.807) is 19.2 Å². The highest BCUT2D eigenvalue weighted by atomic mass is 32.2. The molecular formula is C11H17NO4S. The van der Waals surface area contributed by atoms with Gasteiger partial charge in [0.2, 0.25) is 10.0 Å². The molecule has 0 heterocycles. The number of phenols is 1. The maximum absolute atomic E-state index is 11.8. The molecule has 0 atom stereocenters. The zero-order valence-electron chi connectivity index (χ0n) is 9.72. The number of unbranched alkanes of at least 4 members (excludes halogenated alkanes) is 1. The first kappa shape index (κ1) is 14.0. The molecule has 6 heteroatoms. The molecule has 0 amide bonds. The molecule has 0 aliphatic carbocycles. The van der Waals surface area contributed by atoms with Crippen LogP contribution in [0.4, 0.5) is 0 Å². The summed E-state index contributed by atoms with van der Waals surface area (Å²) in [6.45, 7) is 0.943. The van der Waals surface area contributed by atoms with Gasteiger partial charge in [-0.15, -0.1) is 0 Å². The molecule has 1 rings (SSSR count). The summed E-state index contributed by atoms with van der Waals surface area (Å²) in [5, 5.41) is 9.45. The van der Waals surface area contributed by atoms with Crippen molar-refractivity contribution >= 4 is 10.0 Å². The number of rotatable bonds is 7. The average Bonchev–Trinajstić information content (AvgIpc) is 2.29. The standard InChI is InChI=1S/C11H17NO4S/c1-16-9-5-4-8-12-17(14,15)11-7-3-2-6-10(11)13/h2-3,6-7,12-13H,4-5,8-9H2,1H3. The van der Waals surface area contributed by atoms with Gasteiger partial charge in [-0.25, -0.2) is 13.1 Å². The quantitative estimate of drug-likeness (QED) is 0.719. The minimum absolute atomic E-state index is 0.0910. The molecule has 0 saturated carbocycles. The summed E-state index contributed by atoms with van der Waals surface area (Å²) in [7, 11) is -2.02. The Kier molecular flexibility index (Phi) is 5.40. The van der Waals surface area contributed by atoms with Gasteiger partial charge in [-0.3, -0.25) is 0 Å². The minimum Gasteiger partial charge on any atom is -0.507 e. The number of phenolic OH excluding ortho intramolecular Hbond substituents is 1. The number of hydrogen-bond donors (Lipinski definition) is 2. The van der Waals surface area contributed by atoms with Crippen LogP contribution in [0.25, 0.3) is 0 Å². The number of aromatic hydroxyl groups is 1. The van der Waals surface area contributed by atoms with Gasteiger partial charge in [0, 0.05) is 20.3 Å². The fourth-order valence-corrected chi connectivity index (χ4v) is 2.51. The van der Waals surface area contributed by atoms with E-state index in [4.69, 9.17) is 4.74 Å². The molecule has 0 aromatic heterocycles. The topological polar surface area (TPSA) is 75.6 Å². The number of methoxy groups -OCH3 is 1. The van der Waals surface area contributed by atoms with Crippen molar-refractivity contribution in [2.45, 2.75) is 17.7 Å². The van der Waals surface area contributed by atoms with E-state index >= 15 is 0 Å². The van der Waals surface area contributed by atoms with Crippen LogP contribution in [-0.2, 0) is 14.8 Å². The first-order chi connectivity index (χ1) is 8.08. The molecule has 0 aliphatic heterocycles. The summed E-state index contributed by atoms with van der Waals surface area (Å²) >= 11 is 0. The zero-order valence-corrected chi connectivity index (χ0v) is 10.5. The number of benzene rings is 1. The van der Waals surface area contributed by atoms with E-state index < -0.39 is 10.0 Å². The number of ether oxygens (including phenoxy) is 1. The number of sulfonamides is 1. The Balaban J connectivity index is 2.55. The van der Waals surface area contributed by atoms with Gasteiger partial charge in [0.05, 0.1) is 0 Å². The number of nitrogens with one attached hydrogen (secondary N) is 1. The predicted octanol–water partition coefficient (Wildman–Crippen LogP) is 1.10. The third kappa shape index (κ3) is 4.33. The van der Waals surface area contributed by atoms with Crippen LogP contribution in [-0.4, -0.2) is 33.8 Å².